The van der Waals surface area contributed by atoms with Crippen LogP contribution in [-0.2, 0) is 6.42 Å². The Balaban J connectivity index is 1.80. The third kappa shape index (κ3) is 3.78. The van der Waals surface area contributed by atoms with E-state index in [-0.39, 0.29) is 0 Å². The standard InChI is InChI=1S/C17H27N3S/c1-2-10-18-14-7-3-4-8-15-13(14)12-19-17(20-15)16-9-5-6-11-21-16/h12,14,16,18H,2-11H2,1H3. The summed E-state index contributed by atoms with van der Waals surface area (Å²) in [5.41, 5.74) is 2.68. The van der Waals surface area contributed by atoms with Gasteiger partial charge in [-0.2, -0.15) is 11.8 Å². The predicted octanol–water partition coefficient (Wildman–Crippen LogP) is 4.20. The average Bonchev–Trinajstić information content (AvgIpc) is 2.75. The first-order chi connectivity index (χ1) is 10.4. The van der Waals surface area contributed by atoms with Crippen LogP contribution in [0.2, 0.25) is 0 Å². The van der Waals surface area contributed by atoms with E-state index in [1.165, 1.54) is 62.0 Å². The summed E-state index contributed by atoms with van der Waals surface area (Å²) in [6, 6.07) is 0.468. The van der Waals surface area contributed by atoms with E-state index in [1.54, 1.807) is 0 Å². The van der Waals surface area contributed by atoms with Gasteiger partial charge in [0.2, 0.25) is 0 Å². The van der Waals surface area contributed by atoms with Crippen molar-refractivity contribution in [1.82, 2.24) is 15.3 Å². The van der Waals surface area contributed by atoms with Crippen molar-refractivity contribution in [1.29, 1.82) is 0 Å². The van der Waals surface area contributed by atoms with E-state index in [9.17, 15) is 0 Å². The molecule has 0 bridgehead atoms. The Morgan fingerprint density at radius 1 is 1.24 bits per heavy atom. The van der Waals surface area contributed by atoms with Crippen LogP contribution in [0, 0.1) is 0 Å². The Morgan fingerprint density at radius 2 is 2.14 bits per heavy atom. The maximum atomic E-state index is 4.98. The smallest absolute Gasteiger partial charge is 0.141 e. The molecule has 2 aliphatic rings. The summed E-state index contributed by atoms with van der Waals surface area (Å²) in [6.07, 6.45) is 12.2. The van der Waals surface area contributed by atoms with Crippen LogP contribution in [0.3, 0.4) is 0 Å². The average molecular weight is 305 g/mol. The molecule has 2 heterocycles. The van der Waals surface area contributed by atoms with Crippen LogP contribution >= 0.6 is 11.8 Å². The Bertz CT molecular complexity index is 457. The SMILES string of the molecule is CCCNC1CCCCc2nc(C3CCCCS3)ncc21. The zero-order chi connectivity index (χ0) is 14.5. The summed E-state index contributed by atoms with van der Waals surface area (Å²) in [6.45, 7) is 3.31. The predicted molar refractivity (Wildman–Crippen MR) is 89.7 cm³/mol. The van der Waals surface area contributed by atoms with E-state index in [1.807, 2.05) is 11.8 Å². The largest absolute Gasteiger partial charge is 0.310 e. The molecular formula is C17H27N3S. The maximum Gasteiger partial charge on any atom is 0.141 e. The molecule has 3 nitrogen and oxygen atoms in total. The van der Waals surface area contributed by atoms with Crippen LogP contribution in [0.25, 0.3) is 0 Å². The van der Waals surface area contributed by atoms with E-state index in [4.69, 9.17) is 9.97 Å². The lowest BCUT2D eigenvalue weighted by Gasteiger charge is -2.22. The van der Waals surface area contributed by atoms with Gasteiger partial charge in [0.1, 0.15) is 5.82 Å². The van der Waals surface area contributed by atoms with Crippen molar-refractivity contribution < 1.29 is 0 Å². The molecule has 0 aromatic carbocycles. The number of fused-ring (bicyclic) bond motifs is 1. The summed E-state index contributed by atoms with van der Waals surface area (Å²) in [5.74, 6) is 2.36. The fraction of sp³-hybridized carbons (Fsp3) is 0.765. The molecule has 0 spiro atoms. The molecular weight excluding hydrogens is 278 g/mol. The summed E-state index contributed by atoms with van der Waals surface area (Å²) < 4.78 is 0. The van der Waals surface area contributed by atoms with Crippen LogP contribution in [0.5, 0.6) is 0 Å². The number of nitrogens with zero attached hydrogens (tertiary/aromatic N) is 2. The molecule has 0 saturated carbocycles. The second-order valence-electron chi connectivity index (χ2n) is 6.24. The lowest BCUT2D eigenvalue weighted by molar-refractivity contribution is 0.488. The zero-order valence-electron chi connectivity index (χ0n) is 13.1. The lowest BCUT2D eigenvalue weighted by atomic mass is 10.0. The Kier molecular flexibility index (Phi) is 5.53. The Hall–Kier alpha value is -0.610. The minimum atomic E-state index is 0.468. The molecule has 0 radical (unpaired) electrons. The molecule has 116 valence electrons. The molecule has 2 unspecified atom stereocenters. The minimum absolute atomic E-state index is 0.468. The number of aryl methyl sites for hydroxylation is 1. The molecule has 0 amide bonds. The lowest BCUT2D eigenvalue weighted by Crippen LogP contribution is -2.23. The summed E-state index contributed by atoms with van der Waals surface area (Å²) in [7, 11) is 0. The maximum absolute atomic E-state index is 4.98. The number of thioether (sulfide) groups is 1. The van der Waals surface area contributed by atoms with Gasteiger partial charge in [0, 0.05) is 23.5 Å². The molecule has 1 aliphatic heterocycles. The van der Waals surface area contributed by atoms with Crippen LogP contribution < -0.4 is 5.32 Å². The van der Waals surface area contributed by atoms with Crippen molar-refractivity contribution in [2.24, 2.45) is 0 Å². The van der Waals surface area contributed by atoms with Crippen LogP contribution in [0.4, 0.5) is 0 Å². The van der Waals surface area contributed by atoms with Crippen molar-refractivity contribution in [3.05, 3.63) is 23.3 Å². The van der Waals surface area contributed by atoms with Crippen LogP contribution in [-0.4, -0.2) is 22.3 Å². The number of aromatic nitrogens is 2. The second-order valence-corrected chi connectivity index (χ2v) is 7.55. The third-order valence-electron chi connectivity index (χ3n) is 4.56. The van der Waals surface area contributed by atoms with Gasteiger partial charge >= 0.3 is 0 Å². The molecule has 1 fully saturated rings. The van der Waals surface area contributed by atoms with Crippen LogP contribution in [0.1, 0.15) is 80.2 Å². The molecule has 1 aromatic heterocycles. The highest BCUT2D eigenvalue weighted by Gasteiger charge is 2.23. The second kappa shape index (κ2) is 7.59. The van der Waals surface area contributed by atoms with Gasteiger partial charge in [-0.1, -0.05) is 19.8 Å². The molecule has 4 heteroatoms. The van der Waals surface area contributed by atoms with Gasteiger partial charge in [-0.3, -0.25) is 0 Å². The molecule has 2 atom stereocenters. The molecule has 1 saturated heterocycles. The minimum Gasteiger partial charge on any atom is -0.310 e. The number of nitrogens with one attached hydrogen (secondary N) is 1. The molecule has 3 rings (SSSR count). The first kappa shape index (κ1) is 15.3. The Labute approximate surface area is 132 Å². The van der Waals surface area contributed by atoms with Crippen LogP contribution in [0.15, 0.2) is 6.20 Å². The first-order valence-electron chi connectivity index (χ1n) is 8.59. The number of rotatable bonds is 4. The van der Waals surface area contributed by atoms with E-state index >= 15 is 0 Å². The van der Waals surface area contributed by atoms with Gasteiger partial charge in [0.05, 0.1) is 5.25 Å². The monoisotopic (exact) mass is 305 g/mol. The molecule has 1 aliphatic carbocycles. The van der Waals surface area contributed by atoms with E-state index in [0.717, 1.165) is 18.8 Å². The Morgan fingerprint density at radius 3 is 2.95 bits per heavy atom. The highest BCUT2D eigenvalue weighted by molar-refractivity contribution is 7.99. The van der Waals surface area contributed by atoms with Crippen molar-refractivity contribution in [3.63, 3.8) is 0 Å². The fourth-order valence-electron chi connectivity index (χ4n) is 3.36. The summed E-state index contributed by atoms with van der Waals surface area (Å²) in [4.78, 5) is 9.73. The van der Waals surface area contributed by atoms with E-state index in [2.05, 4.69) is 18.4 Å². The quantitative estimate of drug-likeness (QED) is 0.846. The van der Waals surface area contributed by atoms with Gasteiger partial charge in [-0.25, -0.2) is 9.97 Å². The zero-order valence-corrected chi connectivity index (χ0v) is 13.9. The number of hydrogen-bond acceptors (Lipinski definition) is 4. The molecule has 21 heavy (non-hydrogen) atoms. The summed E-state index contributed by atoms with van der Waals surface area (Å²) in [5, 5.41) is 4.22. The molecule has 1 aromatic rings. The normalized spacial score (nSPS) is 26.1. The van der Waals surface area contributed by atoms with E-state index < -0.39 is 0 Å². The van der Waals surface area contributed by atoms with E-state index in [0.29, 0.717) is 11.3 Å². The van der Waals surface area contributed by atoms with Crippen molar-refractivity contribution in [2.45, 2.75) is 69.6 Å². The topological polar surface area (TPSA) is 37.8 Å². The third-order valence-corrected chi connectivity index (χ3v) is 5.93. The van der Waals surface area contributed by atoms with Crippen molar-refractivity contribution >= 4 is 11.8 Å². The first-order valence-corrected chi connectivity index (χ1v) is 9.64. The molecule has 1 N–H and O–H groups in total. The highest BCUT2D eigenvalue weighted by atomic mass is 32.2. The van der Waals surface area contributed by atoms with Gasteiger partial charge in [-0.05, 0) is 50.8 Å². The summed E-state index contributed by atoms with van der Waals surface area (Å²) >= 11 is 2.05. The van der Waals surface area contributed by atoms with Gasteiger partial charge in [-0.15, -0.1) is 0 Å². The number of hydrogen-bond donors (Lipinski definition) is 1. The highest BCUT2D eigenvalue weighted by Crippen LogP contribution is 2.37. The van der Waals surface area contributed by atoms with Crippen molar-refractivity contribution in [2.75, 3.05) is 12.3 Å². The fourth-order valence-corrected chi connectivity index (χ4v) is 4.61. The van der Waals surface area contributed by atoms with Gasteiger partial charge < -0.3 is 5.32 Å². The van der Waals surface area contributed by atoms with Gasteiger partial charge in [0.15, 0.2) is 0 Å². The van der Waals surface area contributed by atoms with Crippen molar-refractivity contribution in [3.8, 4) is 0 Å². The van der Waals surface area contributed by atoms with Gasteiger partial charge in [0.25, 0.3) is 0 Å².